The Balaban J connectivity index is 1.89. The number of rotatable bonds is 4. The van der Waals surface area contributed by atoms with Crippen LogP contribution in [0.1, 0.15) is 28.5 Å². The van der Waals surface area contributed by atoms with Crippen LogP contribution in [0, 0.1) is 0 Å². The highest BCUT2D eigenvalue weighted by molar-refractivity contribution is 7.09. The second-order valence-electron chi connectivity index (χ2n) is 4.52. The maximum atomic E-state index is 10.9. The Hall–Kier alpha value is -2.54. The number of fused-ring (bicyclic) bond motifs is 1. The van der Waals surface area contributed by atoms with E-state index in [0.29, 0.717) is 5.01 Å². The largest absolute Gasteiger partial charge is 0.476 e. The van der Waals surface area contributed by atoms with Crippen LogP contribution in [0.3, 0.4) is 0 Å². The number of carboxylic acid groups (broad SMARTS) is 1. The molecule has 21 heavy (non-hydrogen) atoms. The van der Waals surface area contributed by atoms with E-state index < -0.39 is 5.97 Å². The van der Waals surface area contributed by atoms with Crippen LogP contribution in [0.4, 0.5) is 5.69 Å². The molecule has 7 heteroatoms. The summed E-state index contributed by atoms with van der Waals surface area (Å²) in [5.74, 6) is -1.01. The molecule has 3 aromatic rings. The van der Waals surface area contributed by atoms with Crippen molar-refractivity contribution in [3.63, 3.8) is 0 Å². The van der Waals surface area contributed by atoms with Gasteiger partial charge in [0.2, 0.25) is 0 Å². The monoisotopic (exact) mass is 300 g/mol. The Morgan fingerprint density at radius 1 is 1.38 bits per heavy atom. The number of benzene rings is 1. The van der Waals surface area contributed by atoms with Crippen LogP contribution >= 0.6 is 11.3 Å². The summed E-state index contributed by atoms with van der Waals surface area (Å²) in [5, 5.41) is 23.5. The molecule has 2 heterocycles. The molecule has 1 aromatic carbocycles. The second-order valence-corrected chi connectivity index (χ2v) is 5.41. The van der Waals surface area contributed by atoms with Crippen LogP contribution in [-0.4, -0.2) is 26.3 Å². The van der Waals surface area contributed by atoms with Gasteiger partial charge in [-0.2, -0.15) is 10.2 Å². The van der Waals surface area contributed by atoms with E-state index in [-0.39, 0.29) is 11.7 Å². The lowest BCUT2D eigenvalue weighted by Crippen LogP contribution is -2.08. The Labute approximate surface area is 124 Å². The first-order valence-electron chi connectivity index (χ1n) is 6.31. The summed E-state index contributed by atoms with van der Waals surface area (Å²) in [5.41, 5.74) is 1.72. The summed E-state index contributed by atoms with van der Waals surface area (Å²) in [6, 6.07) is 7.58. The number of aromatic carboxylic acids is 1. The average molecular weight is 300 g/mol. The summed E-state index contributed by atoms with van der Waals surface area (Å²) in [7, 11) is 0. The van der Waals surface area contributed by atoms with Gasteiger partial charge in [-0.15, -0.1) is 11.3 Å². The number of hydrogen-bond acceptors (Lipinski definition) is 6. The number of thiazole rings is 1. The number of hydrogen-bond donors (Lipinski definition) is 2. The first-order chi connectivity index (χ1) is 10.1. The van der Waals surface area contributed by atoms with E-state index in [1.54, 1.807) is 11.6 Å². The number of nitrogens with zero attached hydrogens (tertiary/aromatic N) is 3. The fourth-order valence-electron chi connectivity index (χ4n) is 2.00. The number of anilines is 1. The fraction of sp³-hybridized carbons (Fsp3) is 0.143. The Kier molecular flexibility index (Phi) is 3.49. The van der Waals surface area contributed by atoms with Crippen LogP contribution in [-0.2, 0) is 0 Å². The Morgan fingerprint density at radius 3 is 2.95 bits per heavy atom. The molecule has 1 atom stereocenters. The predicted octanol–water partition coefficient (Wildman–Crippen LogP) is 2.96. The van der Waals surface area contributed by atoms with E-state index in [4.69, 9.17) is 5.11 Å². The van der Waals surface area contributed by atoms with Crippen molar-refractivity contribution in [2.45, 2.75) is 13.0 Å². The lowest BCUT2D eigenvalue weighted by Gasteiger charge is -2.13. The first kappa shape index (κ1) is 13.4. The van der Waals surface area contributed by atoms with Crippen LogP contribution < -0.4 is 5.32 Å². The topological polar surface area (TPSA) is 88.0 Å². The van der Waals surface area contributed by atoms with Crippen molar-refractivity contribution < 1.29 is 9.90 Å². The zero-order valence-electron chi connectivity index (χ0n) is 11.1. The summed E-state index contributed by atoms with van der Waals surface area (Å²) >= 11 is 1.32. The summed E-state index contributed by atoms with van der Waals surface area (Å²) < 4.78 is 0. The smallest absolute Gasteiger partial charge is 0.355 e. The SMILES string of the molecule is CC(Nc1cnnc2ccccc12)c1nc(C(=O)O)cs1. The van der Waals surface area contributed by atoms with Crippen molar-refractivity contribution in [3.05, 3.63) is 46.5 Å². The predicted molar refractivity (Wildman–Crippen MR) is 80.6 cm³/mol. The molecule has 3 rings (SSSR count). The fourth-order valence-corrected chi connectivity index (χ4v) is 2.80. The Bertz CT molecular complexity index is 797. The van der Waals surface area contributed by atoms with Crippen LogP contribution in [0.5, 0.6) is 0 Å². The highest BCUT2D eigenvalue weighted by Gasteiger charge is 2.15. The van der Waals surface area contributed by atoms with Crippen LogP contribution in [0.25, 0.3) is 10.9 Å². The molecule has 106 valence electrons. The molecule has 0 saturated carbocycles. The van der Waals surface area contributed by atoms with Gasteiger partial charge in [-0.25, -0.2) is 9.78 Å². The van der Waals surface area contributed by atoms with Crippen molar-refractivity contribution in [2.75, 3.05) is 5.32 Å². The molecule has 0 saturated heterocycles. The Morgan fingerprint density at radius 2 is 2.19 bits per heavy atom. The van der Waals surface area contributed by atoms with Crippen molar-refractivity contribution in [3.8, 4) is 0 Å². The van der Waals surface area contributed by atoms with Crippen LogP contribution in [0.15, 0.2) is 35.8 Å². The molecule has 6 nitrogen and oxygen atoms in total. The molecule has 2 N–H and O–H groups in total. The number of carbonyl (C=O) groups is 1. The van der Waals surface area contributed by atoms with E-state index in [2.05, 4.69) is 20.5 Å². The van der Waals surface area contributed by atoms with Gasteiger partial charge in [0.15, 0.2) is 5.69 Å². The molecule has 0 fully saturated rings. The molecule has 0 aliphatic heterocycles. The zero-order valence-corrected chi connectivity index (χ0v) is 12.0. The molecule has 0 aliphatic rings. The van der Waals surface area contributed by atoms with Crippen molar-refractivity contribution in [2.24, 2.45) is 0 Å². The number of nitrogens with one attached hydrogen (secondary N) is 1. The normalized spacial score (nSPS) is 12.2. The standard InChI is InChI=1S/C14H12N4O2S/c1-8(13-17-12(7-21-13)14(19)20)16-11-6-15-18-10-5-3-2-4-9(10)11/h2-8H,1H3,(H,16,18)(H,19,20). The van der Waals surface area contributed by atoms with Crippen LogP contribution in [0.2, 0.25) is 0 Å². The maximum Gasteiger partial charge on any atom is 0.355 e. The summed E-state index contributed by atoms with van der Waals surface area (Å²) in [6.07, 6.45) is 1.66. The minimum atomic E-state index is -1.01. The zero-order chi connectivity index (χ0) is 14.8. The highest BCUT2D eigenvalue weighted by atomic mass is 32.1. The molecule has 0 aliphatic carbocycles. The third-order valence-corrected chi connectivity index (χ3v) is 4.06. The van der Waals surface area contributed by atoms with Gasteiger partial charge < -0.3 is 10.4 Å². The molecule has 2 aromatic heterocycles. The van der Waals surface area contributed by atoms with Gasteiger partial charge in [-0.3, -0.25) is 0 Å². The van der Waals surface area contributed by atoms with Crippen molar-refractivity contribution in [1.29, 1.82) is 0 Å². The summed E-state index contributed by atoms with van der Waals surface area (Å²) in [6.45, 7) is 1.93. The molecular weight excluding hydrogens is 288 g/mol. The van der Waals surface area contributed by atoms with Gasteiger partial charge in [-0.05, 0) is 13.0 Å². The van der Waals surface area contributed by atoms with Crippen molar-refractivity contribution >= 4 is 33.9 Å². The first-order valence-corrected chi connectivity index (χ1v) is 7.19. The third kappa shape index (κ3) is 2.68. The number of carboxylic acids is 1. The van der Waals surface area contributed by atoms with Gasteiger partial charge in [0, 0.05) is 10.8 Å². The van der Waals surface area contributed by atoms with Gasteiger partial charge in [-0.1, -0.05) is 18.2 Å². The molecular formula is C14H12N4O2S. The minimum absolute atomic E-state index is 0.0707. The molecule has 0 radical (unpaired) electrons. The van der Waals surface area contributed by atoms with E-state index >= 15 is 0 Å². The van der Waals surface area contributed by atoms with Gasteiger partial charge in [0.05, 0.1) is 23.4 Å². The van der Waals surface area contributed by atoms with Gasteiger partial charge in [0.25, 0.3) is 0 Å². The van der Waals surface area contributed by atoms with E-state index in [0.717, 1.165) is 16.6 Å². The molecule has 0 amide bonds. The van der Waals surface area contributed by atoms with Crippen molar-refractivity contribution in [1.82, 2.24) is 15.2 Å². The average Bonchev–Trinajstić information content (AvgIpc) is 2.98. The molecule has 0 spiro atoms. The van der Waals surface area contributed by atoms with E-state index in [9.17, 15) is 4.79 Å². The van der Waals surface area contributed by atoms with Gasteiger partial charge in [0.1, 0.15) is 5.01 Å². The lowest BCUT2D eigenvalue weighted by atomic mass is 10.2. The quantitative estimate of drug-likeness (QED) is 0.770. The highest BCUT2D eigenvalue weighted by Crippen LogP contribution is 2.26. The molecule has 1 unspecified atom stereocenters. The maximum absolute atomic E-state index is 10.9. The lowest BCUT2D eigenvalue weighted by molar-refractivity contribution is 0.0691. The third-order valence-electron chi connectivity index (χ3n) is 3.03. The number of aromatic nitrogens is 3. The van der Waals surface area contributed by atoms with E-state index in [1.165, 1.54) is 11.3 Å². The van der Waals surface area contributed by atoms with Gasteiger partial charge >= 0.3 is 5.97 Å². The summed E-state index contributed by atoms with van der Waals surface area (Å²) in [4.78, 5) is 15.0. The second kappa shape index (κ2) is 5.45. The van der Waals surface area contributed by atoms with E-state index in [1.807, 2.05) is 31.2 Å². The minimum Gasteiger partial charge on any atom is -0.476 e. The molecule has 0 bridgehead atoms.